The van der Waals surface area contributed by atoms with Crippen LogP contribution in [0.4, 0.5) is 5.82 Å². The molecule has 1 N–H and O–H groups in total. The average Bonchev–Trinajstić information content (AvgIpc) is 2.95. The molecule has 0 aromatic carbocycles. The highest BCUT2D eigenvalue weighted by molar-refractivity contribution is 5.37. The quantitative estimate of drug-likeness (QED) is 0.831. The summed E-state index contributed by atoms with van der Waals surface area (Å²) in [5, 5.41) is 3.34. The summed E-state index contributed by atoms with van der Waals surface area (Å²) in [5.74, 6) is 1.66. The molecule has 5 nitrogen and oxygen atoms in total. The van der Waals surface area contributed by atoms with Crippen LogP contribution in [-0.4, -0.2) is 30.7 Å². The molecule has 1 heterocycles. The van der Waals surface area contributed by atoms with Crippen LogP contribution in [-0.2, 0) is 21.7 Å². The molecule has 5 heteroatoms. The van der Waals surface area contributed by atoms with Crippen molar-refractivity contribution >= 4 is 5.82 Å². The van der Waals surface area contributed by atoms with Gasteiger partial charge in [-0.3, -0.25) is 0 Å². The van der Waals surface area contributed by atoms with E-state index in [1.807, 2.05) is 6.07 Å². The van der Waals surface area contributed by atoms with Crippen LogP contribution in [0.2, 0.25) is 0 Å². The predicted molar refractivity (Wildman–Crippen MR) is 78.7 cm³/mol. The fraction of sp³-hybridized carbons (Fsp3) is 0.733. The largest absolute Gasteiger partial charge is 0.378 e. The average molecular weight is 279 g/mol. The van der Waals surface area contributed by atoms with Crippen molar-refractivity contribution in [1.29, 1.82) is 0 Å². The molecule has 1 aliphatic rings. The fourth-order valence-electron chi connectivity index (χ4n) is 2.73. The Labute approximate surface area is 121 Å². The zero-order valence-electron chi connectivity index (χ0n) is 12.7. The second kappa shape index (κ2) is 6.99. The number of hydrogen-bond acceptors (Lipinski definition) is 5. The number of hydrogen-bond donors (Lipinski definition) is 1. The zero-order chi connectivity index (χ0) is 14.4. The van der Waals surface area contributed by atoms with Gasteiger partial charge in [-0.05, 0) is 32.1 Å². The lowest BCUT2D eigenvalue weighted by atomic mass is 10.0. The van der Waals surface area contributed by atoms with E-state index in [1.165, 1.54) is 12.8 Å². The number of rotatable bonds is 7. The molecule has 0 unspecified atom stereocenters. The summed E-state index contributed by atoms with van der Waals surface area (Å²) in [6, 6.07) is 1.96. The minimum absolute atomic E-state index is 0.313. The molecule has 2 rings (SSSR count). The van der Waals surface area contributed by atoms with Crippen LogP contribution in [0, 0.1) is 0 Å². The monoisotopic (exact) mass is 279 g/mol. The highest BCUT2D eigenvalue weighted by Gasteiger charge is 2.38. The number of ether oxygens (including phenoxy) is 2. The molecule has 112 valence electrons. The van der Waals surface area contributed by atoms with Gasteiger partial charge in [-0.15, -0.1) is 0 Å². The maximum Gasteiger partial charge on any atom is 0.162 e. The summed E-state index contributed by atoms with van der Waals surface area (Å²) in [4.78, 5) is 9.33. The number of anilines is 1. The first-order valence-corrected chi connectivity index (χ1v) is 7.40. The van der Waals surface area contributed by atoms with E-state index in [4.69, 9.17) is 9.47 Å². The molecule has 20 heavy (non-hydrogen) atoms. The predicted octanol–water partition coefficient (Wildman–Crippen LogP) is 2.86. The molecular weight excluding hydrogens is 254 g/mol. The van der Waals surface area contributed by atoms with E-state index in [9.17, 15) is 0 Å². The van der Waals surface area contributed by atoms with Crippen LogP contribution in [0.1, 0.15) is 50.5 Å². The minimum Gasteiger partial charge on any atom is -0.378 e. The molecule has 0 spiro atoms. The Kier molecular flexibility index (Phi) is 5.31. The van der Waals surface area contributed by atoms with Crippen molar-refractivity contribution in [3.63, 3.8) is 0 Å². The highest BCUT2D eigenvalue weighted by atomic mass is 16.5. The van der Waals surface area contributed by atoms with Gasteiger partial charge in [0, 0.05) is 26.8 Å². The van der Waals surface area contributed by atoms with Gasteiger partial charge in [0.2, 0.25) is 0 Å². The molecule has 0 atom stereocenters. The SMILES string of the molecule is CCCNc1cc(COC)nc(C2(OC)CCCC2)n1. The molecule has 1 aromatic rings. The molecular formula is C15H25N3O2. The van der Waals surface area contributed by atoms with Gasteiger partial charge in [0.25, 0.3) is 0 Å². The Bertz CT molecular complexity index is 431. The zero-order valence-corrected chi connectivity index (χ0v) is 12.7. The third-order valence-electron chi connectivity index (χ3n) is 3.84. The van der Waals surface area contributed by atoms with Crippen LogP contribution >= 0.6 is 0 Å². The van der Waals surface area contributed by atoms with Crippen LogP contribution in [0.15, 0.2) is 6.07 Å². The van der Waals surface area contributed by atoms with Gasteiger partial charge in [-0.1, -0.05) is 6.92 Å². The van der Waals surface area contributed by atoms with Gasteiger partial charge in [-0.2, -0.15) is 0 Å². The summed E-state index contributed by atoms with van der Waals surface area (Å²) in [6.45, 7) is 3.54. The van der Waals surface area contributed by atoms with Gasteiger partial charge >= 0.3 is 0 Å². The van der Waals surface area contributed by atoms with Crippen molar-refractivity contribution in [1.82, 2.24) is 9.97 Å². The summed E-state index contributed by atoms with van der Waals surface area (Å²) < 4.78 is 11.0. The molecule has 0 bridgehead atoms. The van der Waals surface area contributed by atoms with Gasteiger partial charge in [-0.25, -0.2) is 9.97 Å². The van der Waals surface area contributed by atoms with Crippen molar-refractivity contribution in [2.45, 2.75) is 51.2 Å². The minimum atomic E-state index is -0.313. The first-order chi connectivity index (χ1) is 9.74. The van der Waals surface area contributed by atoms with E-state index in [1.54, 1.807) is 14.2 Å². The number of nitrogens with one attached hydrogen (secondary N) is 1. The van der Waals surface area contributed by atoms with Gasteiger partial charge in [0.15, 0.2) is 5.82 Å². The summed E-state index contributed by atoms with van der Waals surface area (Å²) in [7, 11) is 3.44. The maximum absolute atomic E-state index is 5.78. The van der Waals surface area contributed by atoms with E-state index >= 15 is 0 Å². The lowest BCUT2D eigenvalue weighted by Crippen LogP contribution is -2.28. The first-order valence-electron chi connectivity index (χ1n) is 7.40. The molecule has 1 aliphatic carbocycles. The molecule has 1 aromatic heterocycles. The molecule has 1 fully saturated rings. The van der Waals surface area contributed by atoms with E-state index in [0.717, 1.165) is 43.1 Å². The van der Waals surface area contributed by atoms with E-state index in [2.05, 4.69) is 22.2 Å². The van der Waals surface area contributed by atoms with Gasteiger partial charge in [0.1, 0.15) is 11.4 Å². The summed E-state index contributed by atoms with van der Waals surface area (Å²) in [6.07, 6.45) is 5.39. The van der Waals surface area contributed by atoms with Crippen molar-refractivity contribution in [2.24, 2.45) is 0 Å². The second-order valence-corrected chi connectivity index (χ2v) is 5.33. The molecule has 1 saturated carbocycles. The van der Waals surface area contributed by atoms with E-state index < -0.39 is 0 Å². The van der Waals surface area contributed by atoms with Gasteiger partial charge in [0.05, 0.1) is 12.3 Å². The maximum atomic E-state index is 5.78. The number of nitrogens with zero attached hydrogens (tertiary/aromatic N) is 2. The lowest BCUT2D eigenvalue weighted by Gasteiger charge is -2.26. The Hall–Kier alpha value is -1.20. The van der Waals surface area contributed by atoms with Crippen LogP contribution in [0.5, 0.6) is 0 Å². The third-order valence-corrected chi connectivity index (χ3v) is 3.84. The number of methoxy groups -OCH3 is 2. The molecule has 0 radical (unpaired) electrons. The van der Waals surface area contributed by atoms with E-state index in [-0.39, 0.29) is 5.60 Å². The van der Waals surface area contributed by atoms with E-state index in [0.29, 0.717) is 6.61 Å². The Balaban J connectivity index is 2.32. The smallest absolute Gasteiger partial charge is 0.162 e. The van der Waals surface area contributed by atoms with Crippen LogP contribution in [0.25, 0.3) is 0 Å². The Morgan fingerprint density at radius 3 is 2.60 bits per heavy atom. The van der Waals surface area contributed by atoms with Crippen molar-refractivity contribution in [3.8, 4) is 0 Å². The van der Waals surface area contributed by atoms with Gasteiger partial charge < -0.3 is 14.8 Å². The topological polar surface area (TPSA) is 56.3 Å². The van der Waals surface area contributed by atoms with Crippen molar-refractivity contribution in [2.75, 3.05) is 26.1 Å². The lowest BCUT2D eigenvalue weighted by molar-refractivity contribution is -0.0165. The van der Waals surface area contributed by atoms with Crippen LogP contribution in [0.3, 0.4) is 0 Å². The fourth-order valence-corrected chi connectivity index (χ4v) is 2.73. The Morgan fingerprint density at radius 1 is 1.25 bits per heavy atom. The second-order valence-electron chi connectivity index (χ2n) is 5.33. The normalized spacial score (nSPS) is 17.4. The standard InChI is InChI=1S/C15H25N3O2/c1-4-9-16-13-10-12(11-19-2)17-14(18-13)15(20-3)7-5-6-8-15/h10H,4-9,11H2,1-3H3,(H,16,17,18). The highest BCUT2D eigenvalue weighted by Crippen LogP contribution is 2.40. The molecule has 0 aliphatic heterocycles. The van der Waals surface area contributed by atoms with Crippen LogP contribution < -0.4 is 5.32 Å². The first kappa shape index (κ1) is 15.2. The summed E-state index contributed by atoms with van der Waals surface area (Å²) >= 11 is 0. The molecule has 0 saturated heterocycles. The Morgan fingerprint density at radius 2 is 2.00 bits per heavy atom. The number of aromatic nitrogens is 2. The molecule has 0 amide bonds. The van der Waals surface area contributed by atoms with Crippen molar-refractivity contribution < 1.29 is 9.47 Å². The third kappa shape index (κ3) is 3.27. The summed E-state index contributed by atoms with van der Waals surface area (Å²) in [5.41, 5.74) is 0.589. The van der Waals surface area contributed by atoms with Crippen molar-refractivity contribution in [3.05, 3.63) is 17.6 Å².